The van der Waals surface area contributed by atoms with E-state index in [0.29, 0.717) is 0 Å². The summed E-state index contributed by atoms with van der Waals surface area (Å²) >= 11 is 1.78. The Morgan fingerprint density at radius 1 is 1.32 bits per heavy atom. The molecule has 0 bridgehead atoms. The standard InChI is InChI=1S/C15H21N3S/c1-4-10-16-15(13-9-11-18(2)17-13)12-7-5-6-8-14(12)19-3/h5-9,11,15-16H,4,10H2,1-3H3. The van der Waals surface area contributed by atoms with Crippen molar-refractivity contribution in [2.24, 2.45) is 7.05 Å². The smallest absolute Gasteiger partial charge is 0.0839 e. The molecule has 1 atom stereocenters. The third-order valence-electron chi connectivity index (χ3n) is 3.08. The van der Waals surface area contributed by atoms with Crippen molar-refractivity contribution >= 4 is 11.8 Å². The van der Waals surface area contributed by atoms with Crippen LogP contribution in [-0.4, -0.2) is 22.6 Å². The number of nitrogens with zero attached hydrogens (tertiary/aromatic N) is 2. The number of benzene rings is 1. The molecule has 1 aromatic carbocycles. The van der Waals surface area contributed by atoms with Crippen molar-refractivity contribution in [3.63, 3.8) is 0 Å². The van der Waals surface area contributed by atoms with Crippen LogP contribution in [0.3, 0.4) is 0 Å². The van der Waals surface area contributed by atoms with Crippen LogP contribution in [0.4, 0.5) is 0 Å². The maximum atomic E-state index is 4.56. The molecule has 0 aliphatic carbocycles. The molecule has 1 N–H and O–H groups in total. The summed E-state index contributed by atoms with van der Waals surface area (Å²) < 4.78 is 1.86. The van der Waals surface area contributed by atoms with Crippen LogP contribution in [0.2, 0.25) is 0 Å². The van der Waals surface area contributed by atoms with Crippen LogP contribution >= 0.6 is 11.8 Å². The zero-order valence-electron chi connectivity index (χ0n) is 11.8. The van der Waals surface area contributed by atoms with E-state index in [4.69, 9.17) is 0 Å². The minimum Gasteiger partial charge on any atom is -0.305 e. The van der Waals surface area contributed by atoms with Crippen LogP contribution in [0.5, 0.6) is 0 Å². The first-order valence-corrected chi connectivity index (χ1v) is 7.84. The van der Waals surface area contributed by atoms with Crippen molar-refractivity contribution < 1.29 is 0 Å². The molecule has 0 aliphatic rings. The van der Waals surface area contributed by atoms with Gasteiger partial charge in [0.2, 0.25) is 0 Å². The van der Waals surface area contributed by atoms with Crippen LogP contribution in [0.15, 0.2) is 41.4 Å². The fraction of sp³-hybridized carbons (Fsp3) is 0.400. The highest BCUT2D eigenvalue weighted by atomic mass is 32.2. The average molecular weight is 275 g/mol. The number of hydrogen-bond donors (Lipinski definition) is 1. The van der Waals surface area contributed by atoms with Crippen molar-refractivity contribution in [1.29, 1.82) is 0 Å². The maximum Gasteiger partial charge on any atom is 0.0839 e. The average Bonchev–Trinajstić information content (AvgIpc) is 2.86. The highest BCUT2D eigenvalue weighted by Crippen LogP contribution is 2.29. The van der Waals surface area contributed by atoms with Gasteiger partial charge in [-0.3, -0.25) is 4.68 Å². The minimum atomic E-state index is 0.171. The normalized spacial score (nSPS) is 12.6. The summed E-state index contributed by atoms with van der Waals surface area (Å²) in [6.07, 6.45) is 5.23. The molecule has 2 aromatic rings. The summed E-state index contributed by atoms with van der Waals surface area (Å²) in [5.74, 6) is 0. The lowest BCUT2D eigenvalue weighted by atomic mass is 10.0. The molecule has 0 saturated heterocycles. The molecule has 0 saturated carbocycles. The van der Waals surface area contributed by atoms with E-state index < -0.39 is 0 Å². The van der Waals surface area contributed by atoms with Crippen LogP contribution < -0.4 is 5.32 Å². The van der Waals surface area contributed by atoms with Gasteiger partial charge in [-0.1, -0.05) is 25.1 Å². The van der Waals surface area contributed by atoms with Crippen molar-refractivity contribution in [2.45, 2.75) is 24.3 Å². The van der Waals surface area contributed by atoms with Gasteiger partial charge < -0.3 is 5.32 Å². The number of nitrogens with one attached hydrogen (secondary N) is 1. The van der Waals surface area contributed by atoms with Gasteiger partial charge in [0.05, 0.1) is 11.7 Å². The Balaban J connectivity index is 2.36. The highest BCUT2D eigenvalue weighted by molar-refractivity contribution is 7.98. The minimum absolute atomic E-state index is 0.171. The van der Waals surface area contributed by atoms with Gasteiger partial charge >= 0.3 is 0 Å². The first-order chi connectivity index (χ1) is 9.26. The quantitative estimate of drug-likeness (QED) is 0.821. The van der Waals surface area contributed by atoms with E-state index >= 15 is 0 Å². The van der Waals surface area contributed by atoms with E-state index in [0.717, 1.165) is 18.7 Å². The van der Waals surface area contributed by atoms with Crippen LogP contribution in [0.1, 0.15) is 30.6 Å². The van der Waals surface area contributed by atoms with E-state index in [-0.39, 0.29) is 6.04 Å². The zero-order valence-corrected chi connectivity index (χ0v) is 12.6. The van der Waals surface area contributed by atoms with E-state index in [1.165, 1.54) is 10.5 Å². The third-order valence-corrected chi connectivity index (χ3v) is 3.89. The summed E-state index contributed by atoms with van der Waals surface area (Å²) in [5.41, 5.74) is 2.39. The number of aryl methyl sites for hydroxylation is 1. The van der Waals surface area contributed by atoms with Crippen molar-refractivity contribution in [1.82, 2.24) is 15.1 Å². The first kappa shape index (κ1) is 14.2. The summed E-state index contributed by atoms with van der Waals surface area (Å²) in [6, 6.07) is 10.8. The second kappa shape index (κ2) is 6.78. The predicted molar refractivity (Wildman–Crippen MR) is 81.6 cm³/mol. The number of hydrogen-bond acceptors (Lipinski definition) is 3. The van der Waals surface area contributed by atoms with Crippen molar-refractivity contribution in [3.05, 3.63) is 47.8 Å². The molecule has 102 valence electrons. The Labute approximate surface area is 119 Å². The Bertz CT molecular complexity index is 522. The lowest BCUT2D eigenvalue weighted by Gasteiger charge is -2.19. The van der Waals surface area contributed by atoms with Gasteiger partial charge in [-0.15, -0.1) is 11.8 Å². The molecule has 2 rings (SSSR count). The molecular formula is C15H21N3S. The van der Waals surface area contributed by atoms with Gasteiger partial charge in [0, 0.05) is 18.1 Å². The first-order valence-electron chi connectivity index (χ1n) is 6.62. The lowest BCUT2D eigenvalue weighted by Crippen LogP contribution is -2.24. The fourth-order valence-corrected chi connectivity index (χ4v) is 2.79. The molecule has 0 aliphatic heterocycles. The molecule has 0 fully saturated rings. The van der Waals surface area contributed by atoms with E-state index in [2.05, 4.69) is 53.9 Å². The van der Waals surface area contributed by atoms with E-state index in [1.807, 2.05) is 17.9 Å². The molecule has 4 heteroatoms. The van der Waals surface area contributed by atoms with Crippen LogP contribution in [0.25, 0.3) is 0 Å². The van der Waals surface area contributed by atoms with Gasteiger partial charge in [0.25, 0.3) is 0 Å². The number of aromatic nitrogens is 2. The largest absolute Gasteiger partial charge is 0.305 e. The summed E-state index contributed by atoms with van der Waals surface area (Å²) in [4.78, 5) is 1.31. The number of rotatable bonds is 6. The maximum absolute atomic E-state index is 4.56. The third kappa shape index (κ3) is 3.39. The van der Waals surface area contributed by atoms with E-state index in [9.17, 15) is 0 Å². The Morgan fingerprint density at radius 2 is 2.11 bits per heavy atom. The van der Waals surface area contributed by atoms with Gasteiger partial charge in [-0.05, 0) is 36.9 Å². The van der Waals surface area contributed by atoms with Crippen molar-refractivity contribution in [3.8, 4) is 0 Å². The molecule has 0 spiro atoms. The second-order valence-corrected chi connectivity index (χ2v) is 5.39. The van der Waals surface area contributed by atoms with Gasteiger partial charge in [-0.2, -0.15) is 5.10 Å². The topological polar surface area (TPSA) is 29.9 Å². The Hall–Kier alpha value is -1.26. The molecule has 19 heavy (non-hydrogen) atoms. The molecule has 0 radical (unpaired) electrons. The molecule has 0 amide bonds. The SMILES string of the molecule is CCCNC(c1ccn(C)n1)c1ccccc1SC. The number of thioether (sulfide) groups is 1. The Kier molecular flexibility index (Phi) is 5.05. The van der Waals surface area contributed by atoms with Crippen molar-refractivity contribution in [2.75, 3.05) is 12.8 Å². The highest BCUT2D eigenvalue weighted by Gasteiger charge is 2.18. The molecule has 1 unspecified atom stereocenters. The second-order valence-electron chi connectivity index (χ2n) is 4.54. The van der Waals surface area contributed by atoms with Crippen LogP contribution in [0, 0.1) is 0 Å². The summed E-state index contributed by atoms with van der Waals surface area (Å²) in [7, 11) is 1.96. The Morgan fingerprint density at radius 3 is 2.74 bits per heavy atom. The molecule has 3 nitrogen and oxygen atoms in total. The summed E-state index contributed by atoms with van der Waals surface area (Å²) in [5, 5.41) is 8.16. The zero-order chi connectivity index (χ0) is 13.7. The summed E-state index contributed by atoms with van der Waals surface area (Å²) in [6.45, 7) is 3.17. The van der Waals surface area contributed by atoms with Gasteiger partial charge in [-0.25, -0.2) is 0 Å². The fourth-order valence-electron chi connectivity index (χ4n) is 2.15. The van der Waals surface area contributed by atoms with E-state index in [1.54, 1.807) is 11.8 Å². The predicted octanol–water partition coefficient (Wildman–Crippen LogP) is 3.23. The lowest BCUT2D eigenvalue weighted by molar-refractivity contribution is 0.569. The van der Waals surface area contributed by atoms with Crippen LogP contribution in [-0.2, 0) is 7.05 Å². The molecule has 1 aromatic heterocycles. The molecule has 1 heterocycles. The van der Waals surface area contributed by atoms with Gasteiger partial charge in [0.1, 0.15) is 0 Å². The monoisotopic (exact) mass is 275 g/mol. The molecular weight excluding hydrogens is 254 g/mol. The van der Waals surface area contributed by atoms with Gasteiger partial charge in [0.15, 0.2) is 0 Å².